The zero-order chi connectivity index (χ0) is 13.9. The first-order valence-corrected chi connectivity index (χ1v) is 7.39. The molecule has 1 aromatic heterocycles. The van der Waals surface area contributed by atoms with Crippen molar-refractivity contribution in [1.29, 1.82) is 0 Å². The van der Waals surface area contributed by atoms with E-state index in [1.165, 1.54) is 10.5 Å². The van der Waals surface area contributed by atoms with E-state index in [-0.39, 0.29) is 31.3 Å². The molecule has 0 amide bonds. The molecule has 8 heteroatoms. The Morgan fingerprint density at radius 3 is 3.11 bits per heavy atom. The number of pyridine rings is 1. The maximum Gasteiger partial charge on any atom is 0.262 e. The molecule has 7 nitrogen and oxygen atoms in total. The molecule has 1 atom stereocenters. The molecular formula is C11H17N3O4S. The summed E-state index contributed by atoms with van der Waals surface area (Å²) in [6.07, 6.45) is 0.961. The van der Waals surface area contributed by atoms with E-state index >= 15 is 0 Å². The number of nitrogens with zero attached hydrogens (tertiary/aromatic N) is 2. The van der Waals surface area contributed by atoms with E-state index in [1.807, 2.05) is 0 Å². The van der Waals surface area contributed by atoms with Gasteiger partial charge >= 0.3 is 0 Å². The molecular weight excluding hydrogens is 270 g/mol. The van der Waals surface area contributed by atoms with Gasteiger partial charge in [-0.2, -0.15) is 4.31 Å². The molecule has 19 heavy (non-hydrogen) atoms. The zero-order valence-electron chi connectivity index (χ0n) is 10.6. The molecule has 1 aliphatic heterocycles. The van der Waals surface area contributed by atoms with Crippen molar-refractivity contribution < 1.29 is 18.3 Å². The van der Waals surface area contributed by atoms with Crippen LogP contribution in [-0.2, 0) is 14.8 Å². The van der Waals surface area contributed by atoms with Crippen LogP contribution < -0.4 is 5.32 Å². The lowest BCUT2D eigenvalue weighted by molar-refractivity contribution is -0.0305. The van der Waals surface area contributed by atoms with Gasteiger partial charge in [0.15, 0.2) is 5.03 Å². The van der Waals surface area contributed by atoms with Crippen molar-refractivity contribution in [3.05, 3.63) is 18.3 Å². The second-order valence-electron chi connectivity index (χ2n) is 4.14. The van der Waals surface area contributed by atoms with Crippen LogP contribution in [0.4, 0.5) is 5.69 Å². The van der Waals surface area contributed by atoms with Gasteiger partial charge in [0.05, 0.1) is 25.0 Å². The lowest BCUT2D eigenvalue weighted by atomic mass is 10.3. The second kappa shape index (κ2) is 5.83. The quantitative estimate of drug-likeness (QED) is 0.776. The number of nitrogens with one attached hydrogen (secondary N) is 1. The predicted octanol–water partition coefficient (Wildman–Crippen LogP) is -0.495. The van der Waals surface area contributed by atoms with Crippen LogP contribution in [0.3, 0.4) is 0 Å². The van der Waals surface area contributed by atoms with Crippen LogP contribution in [0.5, 0.6) is 0 Å². The molecule has 0 aromatic carbocycles. The molecule has 0 spiro atoms. The van der Waals surface area contributed by atoms with E-state index in [1.54, 1.807) is 19.2 Å². The van der Waals surface area contributed by atoms with Crippen LogP contribution in [-0.4, -0.2) is 62.3 Å². The highest BCUT2D eigenvalue weighted by molar-refractivity contribution is 7.89. The lowest BCUT2D eigenvalue weighted by Gasteiger charge is -2.31. The van der Waals surface area contributed by atoms with E-state index in [4.69, 9.17) is 9.84 Å². The molecule has 0 saturated carbocycles. The van der Waals surface area contributed by atoms with Crippen molar-refractivity contribution in [2.75, 3.05) is 38.7 Å². The summed E-state index contributed by atoms with van der Waals surface area (Å²) in [5.74, 6) is 0. The monoisotopic (exact) mass is 287 g/mol. The first-order chi connectivity index (χ1) is 9.09. The summed E-state index contributed by atoms with van der Waals surface area (Å²) in [6.45, 7) is 0.469. The SMILES string of the molecule is CNc1cccnc1S(=O)(=O)N1CCOC(CO)C1. The molecule has 0 aliphatic carbocycles. The number of hydrogen-bond donors (Lipinski definition) is 2. The number of morpholine rings is 1. The van der Waals surface area contributed by atoms with Gasteiger partial charge in [0.1, 0.15) is 0 Å². The van der Waals surface area contributed by atoms with E-state index in [0.717, 1.165) is 0 Å². The van der Waals surface area contributed by atoms with E-state index in [9.17, 15) is 8.42 Å². The van der Waals surface area contributed by atoms with Gasteiger partial charge in [-0.25, -0.2) is 13.4 Å². The number of aliphatic hydroxyl groups is 1. The Morgan fingerprint density at radius 1 is 1.63 bits per heavy atom. The normalized spacial score (nSPS) is 21.3. The highest BCUT2D eigenvalue weighted by atomic mass is 32.2. The summed E-state index contributed by atoms with van der Waals surface area (Å²) in [6, 6.07) is 3.32. The molecule has 2 heterocycles. The molecule has 106 valence electrons. The summed E-state index contributed by atoms with van der Waals surface area (Å²) in [5, 5.41) is 11.9. The number of rotatable bonds is 4. The number of aliphatic hydroxyl groups excluding tert-OH is 1. The van der Waals surface area contributed by atoms with Gasteiger partial charge in [0.25, 0.3) is 10.0 Å². The van der Waals surface area contributed by atoms with E-state index < -0.39 is 16.1 Å². The van der Waals surface area contributed by atoms with Gasteiger partial charge in [0.2, 0.25) is 0 Å². The Bertz CT molecular complexity index is 534. The van der Waals surface area contributed by atoms with Gasteiger partial charge in [0, 0.05) is 26.3 Å². The van der Waals surface area contributed by atoms with Crippen LogP contribution in [0.1, 0.15) is 0 Å². The molecule has 1 unspecified atom stereocenters. The number of sulfonamides is 1. The van der Waals surface area contributed by atoms with Crippen LogP contribution in [0.25, 0.3) is 0 Å². The fourth-order valence-corrected chi connectivity index (χ4v) is 3.49. The maximum atomic E-state index is 12.5. The molecule has 1 aromatic rings. The molecule has 1 aliphatic rings. The summed E-state index contributed by atoms with van der Waals surface area (Å²) in [4.78, 5) is 3.95. The third-order valence-electron chi connectivity index (χ3n) is 2.93. The van der Waals surface area contributed by atoms with Crippen LogP contribution in [0.2, 0.25) is 0 Å². The van der Waals surface area contributed by atoms with Gasteiger partial charge in [-0.15, -0.1) is 0 Å². The Balaban J connectivity index is 2.31. The Hall–Kier alpha value is -1.22. The van der Waals surface area contributed by atoms with Crippen molar-refractivity contribution in [1.82, 2.24) is 9.29 Å². The van der Waals surface area contributed by atoms with Gasteiger partial charge in [-0.1, -0.05) is 0 Å². The summed E-state index contributed by atoms with van der Waals surface area (Å²) < 4.78 is 31.6. The fraction of sp³-hybridized carbons (Fsp3) is 0.545. The minimum absolute atomic E-state index is 0.00362. The third-order valence-corrected chi connectivity index (χ3v) is 4.76. The molecule has 0 radical (unpaired) electrons. The number of aromatic nitrogens is 1. The molecule has 2 N–H and O–H groups in total. The van der Waals surface area contributed by atoms with Gasteiger partial charge in [-0.3, -0.25) is 0 Å². The lowest BCUT2D eigenvalue weighted by Crippen LogP contribution is -2.47. The topological polar surface area (TPSA) is 91.8 Å². The average molecular weight is 287 g/mol. The molecule has 1 fully saturated rings. The second-order valence-corrected chi connectivity index (χ2v) is 6.00. The standard InChI is InChI=1S/C11H17N3O4S/c1-12-10-3-2-4-13-11(10)19(16,17)14-5-6-18-9(7-14)8-15/h2-4,9,12,15H,5-8H2,1H3. The predicted molar refractivity (Wildman–Crippen MR) is 69.4 cm³/mol. The van der Waals surface area contributed by atoms with E-state index in [2.05, 4.69) is 10.3 Å². The molecule has 2 rings (SSSR count). The van der Waals surface area contributed by atoms with Crippen molar-refractivity contribution in [3.63, 3.8) is 0 Å². The fourth-order valence-electron chi connectivity index (χ4n) is 1.93. The van der Waals surface area contributed by atoms with Crippen LogP contribution >= 0.6 is 0 Å². The summed E-state index contributed by atoms with van der Waals surface area (Å²) in [5.41, 5.74) is 0.453. The average Bonchev–Trinajstić information content (AvgIpc) is 2.47. The first kappa shape index (κ1) is 14.2. The number of ether oxygens (including phenoxy) is 1. The van der Waals surface area contributed by atoms with Crippen molar-refractivity contribution in [3.8, 4) is 0 Å². The number of hydrogen-bond acceptors (Lipinski definition) is 6. The smallest absolute Gasteiger partial charge is 0.262 e. The largest absolute Gasteiger partial charge is 0.394 e. The van der Waals surface area contributed by atoms with Crippen LogP contribution in [0, 0.1) is 0 Å². The van der Waals surface area contributed by atoms with Crippen molar-refractivity contribution in [2.24, 2.45) is 0 Å². The van der Waals surface area contributed by atoms with Crippen LogP contribution in [0.15, 0.2) is 23.4 Å². The van der Waals surface area contributed by atoms with Gasteiger partial charge < -0.3 is 15.2 Å². The zero-order valence-corrected chi connectivity index (χ0v) is 11.4. The highest BCUT2D eigenvalue weighted by Gasteiger charge is 2.32. The number of anilines is 1. The molecule has 1 saturated heterocycles. The maximum absolute atomic E-state index is 12.5. The summed E-state index contributed by atoms with van der Waals surface area (Å²) >= 11 is 0. The Morgan fingerprint density at radius 2 is 2.42 bits per heavy atom. The third kappa shape index (κ3) is 2.86. The Kier molecular flexibility index (Phi) is 4.35. The first-order valence-electron chi connectivity index (χ1n) is 5.95. The van der Waals surface area contributed by atoms with Gasteiger partial charge in [-0.05, 0) is 12.1 Å². The van der Waals surface area contributed by atoms with Crippen molar-refractivity contribution in [2.45, 2.75) is 11.1 Å². The minimum Gasteiger partial charge on any atom is -0.394 e. The minimum atomic E-state index is -3.68. The Labute approximate surface area is 112 Å². The highest BCUT2D eigenvalue weighted by Crippen LogP contribution is 2.23. The molecule has 0 bridgehead atoms. The summed E-state index contributed by atoms with van der Waals surface area (Å²) in [7, 11) is -2.03. The van der Waals surface area contributed by atoms with E-state index in [0.29, 0.717) is 5.69 Å². The van der Waals surface area contributed by atoms with Crippen molar-refractivity contribution >= 4 is 15.7 Å².